The number of aromatic nitrogens is 2. The summed E-state index contributed by atoms with van der Waals surface area (Å²) in [7, 11) is -7.92. The highest BCUT2D eigenvalue weighted by atomic mass is 32.2. The molecule has 1 aliphatic rings. The maximum Gasteiger partial charge on any atom is 0.416 e. The monoisotopic (exact) mass is 571 g/mol. The van der Waals surface area contributed by atoms with Gasteiger partial charge in [0.25, 0.3) is 0 Å². The number of hydrogen-bond acceptors (Lipinski definition) is 6. The van der Waals surface area contributed by atoms with E-state index in [4.69, 9.17) is 5.11 Å². The Kier molecular flexibility index (Phi) is 7.18. The van der Waals surface area contributed by atoms with Gasteiger partial charge in [-0.15, -0.1) is 0 Å². The van der Waals surface area contributed by atoms with E-state index < -0.39 is 59.9 Å². The molecule has 38 heavy (non-hydrogen) atoms. The zero-order valence-electron chi connectivity index (χ0n) is 20.3. The molecule has 1 aliphatic carbocycles. The number of rotatable bonds is 7. The second kappa shape index (κ2) is 9.82. The van der Waals surface area contributed by atoms with Gasteiger partial charge in [0.05, 0.1) is 32.5 Å². The number of aliphatic carboxylic acids is 1. The Morgan fingerprint density at radius 2 is 1.71 bits per heavy atom. The maximum atomic E-state index is 13.8. The van der Waals surface area contributed by atoms with Gasteiger partial charge in [0.2, 0.25) is 19.9 Å². The number of carboxylic acid groups (broad SMARTS) is 1. The van der Waals surface area contributed by atoms with Crippen LogP contribution in [0.25, 0.3) is 0 Å². The van der Waals surface area contributed by atoms with Crippen LogP contribution in [-0.4, -0.2) is 49.0 Å². The fourth-order valence-corrected chi connectivity index (χ4v) is 7.31. The van der Waals surface area contributed by atoms with Gasteiger partial charge in [-0.2, -0.15) is 22.6 Å². The molecule has 0 saturated carbocycles. The van der Waals surface area contributed by atoms with Crippen LogP contribution in [0.5, 0.6) is 0 Å². The van der Waals surface area contributed by atoms with Gasteiger partial charge in [0, 0.05) is 18.3 Å². The van der Waals surface area contributed by atoms with Crippen LogP contribution in [0, 0.1) is 6.92 Å². The summed E-state index contributed by atoms with van der Waals surface area (Å²) in [5.74, 6) is -1.13. The fourth-order valence-electron chi connectivity index (χ4n) is 4.46. The van der Waals surface area contributed by atoms with Gasteiger partial charge in [-0.05, 0) is 56.5 Å². The Hall–Kier alpha value is -3.23. The minimum absolute atomic E-state index is 0.276. The van der Waals surface area contributed by atoms with Crippen molar-refractivity contribution in [3.8, 4) is 0 Å². The Morgan fingerprint density at radius 1 is 1.08 bits per heavy atom. The van der Waals surface area contributed by atoms with E-state index in [1.165, 1.54) is 42.2 Å². The smallest absolute Gasteiger partial charge is 0.416 e. The third kappa shape index (κ3) is 5.20. The highest BCUT2D eigenvalue weighted by Gasteiger charge is 2.38. The molecular weight excluding hydrogens is 547 g/mol. The molecule has 0 saturated heterocycles. The lowest BCUT2D eigenvalue weighted by Crippen LogP contribution is -2.33. The number of nitrogens with zero attached hydrogens (tertiary/aromatic N) is 3. The molecule has 1 aromatic heterocycles. The molecule has 3 aromatic rings. The van der Waals surface area contributed by atoms with Crippen molar-refractivity contribution >= 4 is 25.8 Å². The summed E-state index contributed by atoms with van der Waals surface area (Å²) >= 11 is 0. The number of sulfonamides is 1. The quantitative estimate of drug-likeness (QED) is 0.457. The standard InChI is InChI=1S/C24H24F3N3O6S2/c1-15-6-8-17(9-7-15)37(33,34)18-10-16(24(25,26)27)11-19(12-18)38(35,36)29(2)21-4-3-5-22-20(21)13-28-30(22)14-23(31)32/h6-13,21H,3-5,14H2,1-2H3,(H,31,32)/t21-/m1/s1. The molecule has 0 unspecified atom stereocenters. The van der Waals surface area contributed by atoms with Crippen molar-refractivity contribution in [1.82, 2.24) is 14.1 Å². The Labute approximate surface area is 217 Å². The normalized spacial score (nSPS) is 16.4. The van der Waals surface area contributed by atoms with Crippen molar-refractivity contribution in [2.24, 2.45) is 0 Å². The molecule has 0 amide bonds. The molecule has 0 aliphatic heterocycles. The predicted molar refractivity (Wildman–Crippen MR) is 129 cm³/mol. The molecule has 2 aromatic carbocycles. The maximum absolute atomic E-state index is 13.8. The summed E-state index contributed by atoms with van der Waals surface area (Å²) in [6, 6.07) is 6.17. The van der Waals surface area contributed by atoms with E-state index in [1.807, 2.05) is 0 Å². The van der Waals surface area contributed by atoms with Crippen molar-refractivity contribution in [3.05, 3.63) is 71.0 Å². The number of halogens is 3. The lowest BCUT2D eigenvalue weighted by Gasteiger charge is -2.31. The lowest BCUT2D eigenvalue weighted by atomic mass is 9.93. The molecule has 1 heterocycles. The number of fused-ring (bicyclic) bond motifs is 1. The van der Waals surface area contributed by atoms with Gasteiger partial charge >= 0.3 is 12.1 Å². The van der Waals surface area contributed by atoms with Crippen LogP contribution in [0.3, 0.4) is 0 Å². The van der Waals surface area contributed by atoms with Crippen molar-refractivity contribution in [2.75, 3.05) is 7.05 Å². The molecule has 0 radical (unpaired) electrons. The first kappa shape index (κ1) is 27.8. The minimum atomic E-state index is -5.02. The third-order valence-electron chi connectivity index (χ3n) is 6.48. The lowest BCUT2D eigenvalue weighted by molar-refractivity contribution is -0.138. The van der Waals surface area contributed by atoms with Crippen LogP contribution in [0.4, 0.5) is 13.2 Å². The SMILES string of the molecule is Cc1ccc(S(=O)(=O)c2cc(C(F)(F)F)cc(S(=O)(=O)N(C)[C@@H]3CCCc4c3cnn4CC(=O)O)c2)cc1. The van der Waals surface area contributed by atoms with E-state index in [0.29, 0.717) is 42.7 Å². The van der Waals surface area contributed by atoms with Gasteiger partial charge in [0.15, 0.2) is 0 Å². The fraction of sp³-hybridized carbons (Fsp3) is 0.333. The predicted octanol–water partition coefficient (Wildman–Crippen LogP) is 3.83. The summed E-state index contributed by atoms with van der Waals surface area (Å²) in [6.07, 6.45) is -2.41. The van der Waals surface area contributed by atoms with Crippen LogP contribution in [-0.2, 0) is 43.8 Å². The minimum Gasteiger partial charge on any atom is -0.480 e. The second-order valence-electron chi connectivity index (χ2n) is 9.03. The number of aryl methyl sites for hydroxylation is 1. The highest BCUT2D eigenvalue weighted by molar-refractivity contribution is 7.91. The van der Waals surface area contributed by atoms with E-state index in [0.717, 1.165) is 15.9 Å². The van der Waals surface area contributed by atoms with Crippen LogP contribution >= 0.6 is 0 Å². The number of alkyl halides is 3. The molecule has 9 nitrogen and oxygen atoms in total. The highest BCUT2D eigenvalue weighted by Crippen LogP contribution is 2.39. The molecule has 0 fully saturated rings. The zero-order chi connectivity index (χ0) is 28.0. The Balaban J connectivity index is 1.81. The Bertz CT molecular complexity index is 1600. The van der Waals surface area contributed by atoms with E-state index >= 15 is 0 Å². The van der Waals surface area contributed by atoms with Crippen molar-refractivity contribution < 1.29 is 39.9 Å². The zero-order valence-corrected chi connectivity index (χ0v) is 21.9. The summed E-state index contributed by atoms with van der Waals surface area (Å²) in [5.41, 5.74) is 0.285. The third-order valence-corrected chi connectivity index (χ3v) is 10.1. The topological polar surface area (TPSA) is 127 Å². The molecule has 204 valence electrons. The molecule has 14 heteroatoms. The number of carbonyl (C=O) groups is 1. The first-order valence-corrected chi connectivity index (χ1v) is 14.3. The van der Waals surface area contributed by atoms with Crippen LogP contribution < -0.4 is 0 Å². The van der Waals surface area contributed by atoms with E-state index in [1.54, 1.807) is 6.92 Å². The molecule has 1 atom stereocenters. The summed E-state index contributed by atoms with van der Waals surface area (Å²) in [5, 5.41) is 13.2. The average molecular weight is 572 g/mol. The molecular formula is C24H24F3N3O6S2. The number of carboxylic acids is 1. The first-order chi connectivity index (χ1) is 17.6. The van der Waals surface area contributed by atoms with Crippen molar-refractivity contribution in [2.45, 2.75) is 59.6 Å². The van der Waals surface area contributed by atoms with Crippen LogP contribution in [0.2, 0.25) is 0 Å². The molecule has 1 N–H and O–H groups in total. The number of benzene rings is 2. The second-order valence-corrected chi connectivity index (χ2v) is 13.0. The van der Waals surface area contributed by atoms with E-state index in [-0.39, 0.29) is 4.90 Å². The van der Waals surface area contributed by atoms with Gasteiger partial charge in [-0.3, -0.25) is 9.48 Å². The first-order valence-electron chi connectivity index (χ1n) is 11.4. The molecule has 0 bridgehead atoms. The largest absolute Gasteiger partial charge is 0.480 e. The van der Waals surface area contributed by atoms with Crippen molar-refractivity contribution in [1.29, 1.82) is 0 Å². The van der Waals surface area contributed by atoms with Crippen LogP contribution in [0.1, 0.15) is 41.3 Å². The van der Waals surface area contributed by atoms with E-state index in [9.17, 15) is 34.8 Å². The van der Waals surface area contributed by atoms with E-state index in [2.05, 4.69) is 5.10 Å². The molecule has 0 spiro atoms. The van der Waals surface area contributed by atoms with Gasteiger partial charge in [0.1, 0.15) is 6.54 Å². The molecule has 4 rings (SSSR count). The van der Waals surface area contributed by atoms with Gasteiger partial charge in [-0.1, -0.05) is 17.7 Å². The summed E-state index contributed by atoms with van der Waals surface area (Å²) < 4.78 is 97.1. The number of sulfone groups is 1. The summed E-state index contributed by atoms with van der Waals surface area (Å²) in [6.45, 7) is 1.29. The Morgan fingerprint density at radius 3 is 2.32 bits per heavy atom. The van der Waals surface area contributed by atoms with Gasteiger partial charge < -0.3 is 5.11 Å². The number of hydrogen-bond donors (Lipinski definition) is 1. The summed E-state index contributed by atoms with van der Waals surface area (Å²) in [4.78, 5) is 9.24. The average Bonchev–Trinajstić information content (AvgIpc) is 3.25. The van der Waals surface area contributed by atoms with Gasteiger partial charge in [-0.25, -0.2) is 16.8 Å². The van der Waals surface area contributed by atoms with Crippen LogP contribution in [0.15, 0.2) is 63.3 Å². The van der Waals surface area contributed by atoms with Crippen molar-refractivity contribution in [3.63, 3.8) is 0 Å².